The molecule has 0 spiro atoms. The summed E-state index contributed by atoms with van der Waals surface area (Å²) >= 11 is 0. The van der Waals surface area contributed by atoms with Crippen LogP contribution in [-0.2, 0) is 0 Å². The topological polar surface area (TPSA) is 108 Å². The van der Waals surface area contributed by atoms with E-state index in [1.54, 1.807) is 21.5 Å². The van der Waals surface area contributed by atoms with Gasteiger partial charge >= 0.3 is 0 Å². The van der Waals surface area contributed by atoms with Gasteiger partial charge in [-0.25, -0.2) is 9.50 Å². The van der Waals surface area contributed by atoms with E-state index in [4.69, 9.17) is 9.47 Å². The fourth-order valence-corrected chi connectivity index (χ4v) is 3.27. The van der Waals surface area contributed by atoms with Crippen LogP contribution in [0.25, 0.3) is 5.78 Å². The van der Waals surface area contributed by atoms with Gasteiger partial charge in [-0.05, 0) is 32.8 Å². The Bertz CT molecular complexity index is 1000. The highest BCUT2D eigenvalue weighted by atomic mass is 16.5. The van der Waals surface area contributed by atoms with E-state index in [0.29, 0.717) is 30.6 Å². The summed E-state index contributed by atoms with van der Waals surface area (Å²) in [5.41, 5.74) is 1.72. The van der Waals surface area contributed by atoms with E-state index in [1.807, 2.05) is 19.9 Å². The minimum absolute atomic E-state index is 0.145. The summed E-state index contributed by atoms with van der Waals surface area (Å²) in [6.45, 7) is 4.87. The number of carbonyl (C=O) groups excluding carboxylic acids is 1. The first-order valence-corrected chi connectivity index (χ1v) is 9.08. The molecule has 0 bridgehead atoms. The Morgan fingerprint density at radius 1 is 1.18 bits per heavy atom. The molecule has 1 amide bonds. The van der Waals surface area contributed by atoms with Gasteiger partial charge in [-0.1, -0.05) is 0 Å². The minimum atomic E-state index is -0.225. The molecule has 1 atom stereocenters. The number of aromatic nitrogens is 6. The predicted octanol–water partition coefficient (Wildman–Crippen LogP) is 1.22. The number of hydrogen-bond acceptors (Lipinski definition) is 8. The summed E-state index contributed by atoms with van der Waals surface area (Å²) in [6.07, 6.45) is 1.49. The Hall–Kier alpha value is -3.30. The van der Waals surface area contributed by atoms with Crippen molar-refractivity contribution in [2.75, 3.05) is 20.2 Å². The molecule has 0 aliphatic carbocycles. The van der Waals surface area contributed by atoms with Crippen LogP contribution in [0.4, 0.5) is 0 Å². The SMILES string of the molecule is COc1ccc(OC2CCCN(C(=O)c3nc4nc(C)cc(C)n4n3)C2)nn1. The first-order valence-electron chi connectivity index (χ1n) is 9.08. The summed E-state index contributed by atoms with van der Waals surface area (Å²) < 4.78 is 12.5. The summed E-state index contributed by atoms with van der Waals surface area (Å²) in [5.74, 6) is 1.17. The lowest BCUT2D eigenvalue weighted by Gasteiger charge is -2.31. The lowest BCUT2D eigenvalue weighted by molar-refractivity contribution is 0.0514. The number of piperidine rings is 1. The Morgan fingerprint density at radius 3 is 2.71 bits per heavy atom. The normalized spacial score (nSPS) is 17.0. The van der Waals surface area contributed by atoms with Crippen LogP contribution in [-0.4, -0.2) is 66.9 Å². The van der Waals surface area contributed by atoms with Gasteiger partial charge in [0.25, 0.3) is 11.7 Å². The van der Waals surface area contributed by atoms with Gasteiger partial charge in [0.1, 0.15) is 6.10 Å². The smallest absolute Gasteiger partial charge is 0.293 e. The van der Waals surface area contributed by atoms with E-state index in [0.717, 1.165) is 24.2 Å². The maximum absolute atomic E-state index is 12.9. The van der Waals surface area contributed by atoms with E-state index < -0.39 is 0 Å². The average molecular weight is 383 g/mol. The number of hydrogen-bond donors (Lipinski definition) is 0. The Kier molecular flexibility index (Phi) is 4.76. The number of ether oxygens (including phenoxy) is 2. The monoisotopic (exact) mass is 383 g/mol. The first-order chi connectivity index (χ1) is 13.5. The lowest BCUT2D eigenvalue weighted by Crippen LogP contribution is -2.44. The number of methoxy groups -OCH3 is 1. The van der Waals surface area contributed by atoms with Crippen molar-refractivity contribution in [2.45, 2.75) is 32.8 Å². The predicted molar refractivity (Wildman–Crippen MR) is 98.4 cm³/mol. The molecular formula is C18H21N7O3. The van der Waals surface area contributed by atoms with Crippen molar-refractivity contribution in [3.63, 3.8) is 0 Å². The van der Waals surface area contributed by atoms with Crippen LogP contribution in [0.15, 0.2) is 18.2 Å². The molecule has 0 aromatic carbocycles. The molecule has 0 saturated carbocycles. The van der Waals surface area contributed by atoms with Crippen LogP contribution in [0.1, 0.15) is 34.8 Å². The number of amides is 1. The van der Waals surface area contributed by atoms with Crippen molar-refractivity contribution in [1.82, 2.24) is 34.7 Å². The van der Waals surface area contributed by atoms with E-state index in [1.165, 1.54) is 7.11 Å². The van der Waals surface area contributed by atoms with Gasteiger partial charge in [-0.15, -0.1) is 15.3 Å². The first kappa shape index (κ1) is 18.1. The van der Waals surface area contributed by atoms with Crippen molar-refractivity contribution in [1.29, 1.82) is 0 Å². The third-order valence-corrected chi connectivity index (χ3v) is 4.59. The molecule has 1 aliphatic heterocycles. The number of likely N-dealkylation sites (tertiary alicyclic amines) is 1. The molecule has 4 heterocycles. The molecule has 1 saturated heterocycles. The average Bonchev–Trinajstić information content (AvgIpc) is 3.12. The number of aryl methyl sites for hydroxylation is 2. The van der Waals surface area contributed by atoms with E-state index >= 15 is 0 Å². The van der Waals surface area contributed by atoms with Crippen LogP contribution in [0.5, 0.6) is 11.8 Å². The van der Waals surface area contributed by atoms with Gasteiger partial charge in [-0.2, -0.15) is 4.98 Å². The molecule has 3 aromatic rings. The molecule has 1 fully saturated rings. The van der Waals surface area contributed by atoms with Crippen molar-refractivity contribution >= 4 is 11.7 Å². The zero-order chi connectivity index (χ0) is 19.7. The maximum atomic E-state index is 12.9. The quantitative estimate of drug-likeness (QED) is 0.662. The van der Waals surface area contributed by atoms with E-state index in [-0.39, 0.29) is 17.8 Å². The highest BCUT2D eigenvalue weighted by Gasteiger charge is 2.28. The zero-order valence-electron chi connectivity index (χ0n) is 16.0. The number of rotatable bonds is 4. The van der Waals surface area contributed by atoms with E-state index in [2.05, 4.69) is 25.3 Å². The molecule has 28 heavy (non-hydrogen) atoms. The van der Waals surface area contributed by atoms with Crippen LogP contribution >= 0.6 is 0 Å². The Balaban J connectivity index is 1.47. The van der Waals surface area contributed by atoms with Gasteiger partial charge in [0.15, 0.2) is 0 Å². The Morgan fingerprint density at radius 2 is 1.96 bits per heavy atom. The molecule has 3 aromatic heterocycles. The summed E-state index contributed by atoms with van der Waals surface area (Å²) in [5, 5.41) is 12.2. The Labute approximate surface area is 161 Å². The van der Waals surface area contributed by atoms with E-state index in [9.17, 15) is 4.79 Å². The molecule has 10 heteroatoms. The van der Waals surface area contributed by atoms with Crippen LogP contribution in [0.3, 0.4) is 0 Å². The number of fused-ring (bicyclic) bond motifs is 1. The second-order valence-corrected chi connectivity index (χ2v) is 6.73. The molecular weight excluding hydrogens is 362 g/mol. The second kappa shape index (κ2) is 7.37. The highest BCUT2D eigenvalue weighted by molar-refractivity contribution is 5.91. The molecule has 0 radical (unpaired) electrons. The molecule has 4 rings (SSSR count). The van der Waals surface area contributed by atoms with Crippen molar-refractivity contribution in [3.8, 4) is 11.8 Å². The highest BCUT2D eigenvalue weighted by Crippen LogP contribution is 2.19. The second-order valence-electron chi connectivity index (χ2n) is 6.73. The summed E-state index contributed by atoms with van der Waals surface area (Å²) in [7, 11) is 1.53. The van der Waals surface area contributed by atoms with Crippen LogP contribution in [0.2, 0.25) is 0 Å². The number of nitrogens with zero attached hydrogens (tertiary/aromatic N) is 7. The molecule has 0 N–H and O–H groups in total. The van der Waals surface area contributed by atoms with Crippen LogP contribution < -0.4 is 9.47 Å². The fraction of sp³-hybridized carbons (Fsp3) is 0.444. The van der Waals surface area contributed by atoms with Crippen molar-refractivity contribution < 1.29 is 14.3 Å². The zero-order valence-corrected chi connectivity index (χ0v) is 16.0. The van der Waals surface area contributed by atoms with Gasteiger partial charge in [0, 0.05) is 30.1 Å². The third kappa shape index (κ3) is 3.57. The standard InChI is InChI=1S/C18H21N7O3/c1-11-9-12(2)25-18(19-11)20-16(23-25)17(26)24-8-4-5-13(10-24)28-15-7-6-14(27-3)21-22-15/h6-7,9,13H,4-5,8,10H2,1-3H3. The van der Waals surface area contributed by atoms with Gasteiger partial charge in [-0.3, -0.25) is 4.79 Å². The maximum Gasteiger partial charge on any atom is 0.293 e. The van der Waals surface area contributed by atoms with Crippen LogP contribution in [0, 0.1) is 13.8 Å². The largest absolute Gasteiger partial charge is 0.480 e. The van der Waals surface area contributed by atoms with Crippen molar-refractivity contribution in [3.05, 3.63) is 35.4 Å². The lowest BCUT2D eigenvalue weighted by atomic mass is 10.1. The summed E-state index contributed by atoms with van der Waals surface area (Å²) in [6, 6.07) is 5.29. The van der Waals surface area contributed by atoms with Gasteiger partial charge < -0.3 is 14.4 Å². The molecule has 1 aliphatic rings. The minimum Gasteiger partial charge on any atom is -0.480 e. The third-order valence-electron chi connectivity index (χ3n) is 4.59. The molecule has 1 unspecified atom stereocenters. The summed E-state index contributed by atoms with van der Waals surface area (Å²) in [4.78, 5) is 23.3. The van der Waals surface area contributed by atoms with Gasteiger partial charge in [0.2, 0.25) is 17.6 Å². The van der Waals surface area contributed by atoms with Crippen molar-refractivity contribution in [2.24, 2.45) is 0 Å². The fourth-order valence-electron chi connectivity index (χ4n) is 3.27. The number of carbonyl (C=O) groups is 1. The van der Waals surface area contributed by atoms with Gasteiger partial charge in [0.05, 0.1) is 13.7 Å². The molecule has 146 valence electrons. The molecule has 10 nitrogen and oxygen atoms in total.